The van der Waals surface area contributed by atoms with Gasteiger partial charge in [-0.15, -0.1) is 0 Å². The predicted molar refractivity (Wildman–Crippen MR) is 72.2 cm³/mol. The van der Waals surface area contributed by atoms with Crippen molar-refractivity contribution in [2.75, 3.05) is 13.1 Å². The zero-order valence-electron chi connectivity index (χ0n) is 10.5. The van der Waals surface area contributed by atoms with Crippen molar-refractivity contribution in [3.05, 3.63) is 34.9 Å². The molecule has 0 aliphatic carbocycles. The van der Waals surface area contributed by atoms with E-state index in [1.807, 2.05) is 12.1 Å². The van der Waals surface area contributed by atoms with E-state index in [-0.39, 0.29) is 0 Å². The molecule has 1 rings (SSSR count). The van der Waals surface area contributed by atoms with Crippen LogP contribution in [0.15, 0.2) is 24.3 Å². The van der Waals surface area contributed by atoms with Gasteiger partial charge in [-0.25, -0.2) is 0 Å². The Labute approximate surface area is 104 Å². The van der Waals surface area contributed by atoms with E-state index in [0.29, 0.717) is 11.8 Å². The van der Waals surface area contributed by atoms with Gasteiger partial charge in [0.2, 0.25) is 0 Å². The third kappa shape index (κ3) is 4.15. The molecule has 0 bridgehead atoms. The van der Waals surface area contributed by atoms with E-state index in [9.17, 15) is 0 Å². The van der Waals surface area contributed by atoms with Crippen molar-refractivity contribution in [2.45, 2.75) is 33.1 Å². The lowest BCUT2D eigenvalue weighted by molar-refractivity contribution is 0.448. The van der Waals surface area contributed by atoms with E-state index < -0.39 is 0 Å². The number of hydrogen-bond acceptors (Lipinski definition) is 1. The summed E-state index contributed by atoms with van der Waals surface area (Å²) in [6.07, 6.45) is 1.20. The summed E-state index contributed by atoms with van der Waals surface area (Å²) in [5.74, 6) is 1.22. The summed E-state index contributed by atoms with van der Waals surface area (Å²) in [7, 11) is 0. The molecule has 2 heteroatoms. The molecule has 0 heterocycles. The Hall–Kier alpha value is -0.530. The average Bonchev–Trinajstić information content (AvgIpc) is 2.29. The molecular formula is C14H22ClN. The summed E-state index contributed by atoms with van der Waals surface area (Å²) in [5.41, 5.74) is 1.37. The van der Waals surface area contributed by atoms with Crippen LogP contribution < -0.4 is 5.32 Å². The van der Waals surface area contributed by atoms with Gasteiger partial charge in [-0.05, 0) is 49.0 Å². The van der Waals surface area contributed by atoms with Gasteiger partial charge in [0.1, 0.15) is 0 Å². The maximum absolute atomic E-state index is 5.89. The van der Waals surface area contributed by atoms with Gasteiger partial charge in [-0.2, -0.15) is 0 Å². The first-order chi connectivity index (χ1) is 7.65. The van der Waals surface area contributed by atoms with Crippen LogP contribution in [0, 0.1) is 5.92 Å². The number of benzene rings is 1. The lowest BCUT2D eigenvalue weighted by Crippen LogP contribution is -2.24. The Kier molecular flexibility index (Phi) is 5.86. The monoisotopic (exact) mass is 239 g/mol. The van der Waals surface area contributed by atoms with Crippen LogP contribution in [0.1, 0.15) is 38.7 Å². The van der Waals surface area contributed by atoms with Gasteiger partial charge in [0.25, 0.3) is 0 Å². The van der Waals surface area contributed by atoms with Crippen molar-refractivity contribution in [1.82, 2.24) is 5.32 Å². The van der Waals surface area contributed by atoms with Gasteiger partial charge in [0, 0.05) is 5.02 Å². The van der Waals surface area contributed by atoms with E-state index in [1.165, 1.54) is 12.0 Å². The molecule has 0 saturated carbocycles. The molecule has 0 spiro atoms. The lowest BCUT2D eigenvalue weighted by atomic mass is 9.89. The molecule has 0 aliphatic heterocycles. The van der Waals surface area contributed by atoms with Crippen molar-refractivity contribution < 1.29 is 0 Å². The first-order valence-corrected chi connectivity index (χ1v) is 6.49. The molecular weight excluding hydrogens is 218 g/mol. The maximum atomic E-state index is 5.89. The van der Waals surface area contributed by atoms with Crippen LogP contribution in [-0.2, 0) is 0 Å². The molecule has 0 fully saturated rings. The molecule has 90 valence electrons. The summed E-state index contributed by atoms with van der Waals surface area (Å²) in [6, 6.07) is 8.20. The molecule has 0 aliphatic rings. The van der Waals surface area contributed by atoms with E-state index in [0.717, 1.165) is 18.1 Å². The molecule has 1 aromatic rings. The number of hydrogen-bond donors (Lipinski definition) is 1. The summed E-state index contributed by atoms with van der Waals surface area (Å²) in [4.78, 5) is 0. The Morgan fingerprint density at radius 3 is 2.38 bits per heavy atom. The second-order valence-electron chi connectivity index (χ2n) is 4.52. The highest BCUT2D eigenvalue weighted by molar-refractivity contribution is 6.30. The van der Waals surface area contributed by atoms with Gasteiger partial charge in [-0.1, -0.05) is 44.5 Å². The minimum absolute atomic E-state index is 0.571. The molecule has 0 saturated heterocycles. The fraction of sp³-hybridized carbons (Fsp3) is 0.571. The van der Waals surface area contributed by atoms with Crippen LogP contribution in [0.3, 0.4) is 0 Å². The maximum Gasteiger partial charge on any atom is 0.0406 e. The highest BCUT2D eigenvalue weighted by atomic mass is 35.5. The molecule has 1 nitrogen and oxygen atoms in total. The average molecular weight is 240 g/mol. The fourth-order valence-electron chi connectivity index (χ4n) is 1.78. The number of nitrogens with one attached hydrogen (secondary N) is 1. The molecule has 16 heavy (non-hydrogen) atoms. The van der Waals surface area contributed by atoms with Crippen molar-refractivity contribution in [3.63, 3.8) is 0 Å². The largest absolute Gasteiger partial charge is 0.316 e. The molecule has 2 unspecified atom stereocenters. The molecule has 1 N–H and O–H groups in total. The second-order valence-corrected chi connectivity index (χ2v) is 4.96. The zero-order valence-corrected chi connectivity index (χ0v) is 11.2. The minimum atomic E-state index is 0.571. The first kappa shape index (κ1) is 13.5. The Bertz CT molecular complexity index is 294. The summed E-state index contributed by atoms with van der Waals surface area (Å²) in [5, 5.41) is 4.28. The Morgan fingerprint density at radius 2 is 1.81 bits per heavy atom. The van der Waals surface area contributed by atoms with Crippen LogP contribution in [-0.4, -0.2) is 13.1 Å². The van der Waals surface area contributed by atoms with Gasteiger partial charge in [-0.3, -0.25) is 0 Å². The van der Waals surface area contributed by atoms with Crippen LogP contribution in [0.5, 0.6) is 0 Å². The van der Waals surface area contributed by atoms with E-state index in [1.54, 1.807) is 0 Å². The van der Waals surface area contributed by atoms with Gasteiger partial charge >= 0.3 is 0 Å². The standard InChI is InChI=1S/C14H22ClN/c1-4-9-16-10-11(2)12(3)13-5-7-14(15)8-6-13/h5-8,11-12,16H,4,9-10H2,1-3H3. The lowest BCUT2D eigenvalue weighted by Gasteiger charge is -2.20. The molecule has 1 aromatic carbocycles. The van der Waals surface area contributed by atoms with Crippen molar-refractivity contribution in [2.24, 2.45) is 5.92 Å². The van der Waals surface area contributed by atoms with Crippen LogP contribution >= 0.6 is 11.6 Å². The summed E-state index contributed by atoms with van der Waals surface area (Å²) < 4.78 is 0. The fourth-order valence-corrected chi connectivity index (χ4v) is 1.90. The SMILES string of the molecule is CCCNCC(C)C(C)c1ccc(Cl)cc1. The molecule has 0 aromatic heterocycles. The van der Waals surface area contributed by atoms with Gasteiger partial charge in [0.05, 0.1) is 0 Å². The van der Waals surface area contributed by atoms with Crippen LogP contribution in [0.2, 0.25) is 5.02 Å². The second kappa shape index (κ2) is 6.93. The molecule has 0 amide bonds. The zero-order chi connectivity index (χ0) is 12.0. The van der Waals surface area contributed by atoms with Crippen molar-refractivity contribution in [3.8, 4) is 0 Å². The smallest absolute Gasteiger partial charge is 0.0406 e. The Balaban J connectivity index is 2.49. The molecule has 2 atom stereocenters. The highest BCUT2D eigenvalue weighted by Gasteiger charge is 2.13. The van der Waals surface area contributed by atoms with Crippen molar-refractivity contribution in [1.29, 1.82) is 0 Å². The molecule has 0 radical (unpaired) electrons. The first-order valence-electron chi connectivity index (χ1n) is 6.11. The minimum Gasteiger partial charge on any atom is -0.316 e. The third-order valence-electron chi connectivity index (χ3n) is 3.14. The quantitative estimate of drug-likeness (QED) is 0.738. The van der Waals surface area contributed by atoms with E-state index in [2.05, 4.69) is 38.2 Å². The van der Waals surface area contributed by atoms with E-state index >= 15 is 0 Å². The van der Waals surface area contributed by atoms with Crippen molar-refractivity contribution >= 4 is 11.6 Å². The topological polar surface area (TPSA) is 12.0 Å². The Morgan fingerprint density at radius 1 is 1.19 bits per heavy atom. The summed E-state index contributed by atoms with van der Waals surface area (Å²) >= 11 is 5.89. The van der Waals surface area contributed by atoms with Crippen LogP contribution in [0.4, 0.5) is 0 Å². The van der Waals surface area contributed by atoms with E-state index in [4.69, 9.17) is 11.6 Å². The normalized spacial score (nSPS) is 14.8. The van der Waals surface area contributed by atoms with Crippen LogP contribution in [0.25, 0.3) is 0 Å². The predicted octanol–water partition coefficient (Wildman–Crippen LogP) is 4.08. The number of halogens is 1. The summed E-state index contributed by atoms with van der Waals surface area (Å²) in [6.45, 7) is 8.96. The highest BCUT2D eigenvalue weighted by Crippen LogP contribution is 2.24. The third-order valence-corrected chi connectivity index (χ3v) is 3.39. The van der Waals surface area contributed by atoms with Gasteiger partial charge < -0.3 is 5.32 Å². The number of rotatable bonds is 6. The van der Waals surface area contributed by atoms with Gasteiger partial charge in [0.15, 0.2) is 0 Å².